The minimum absolute atomic E-state index is 0.0319. The van der Waals surface area contributed by atoms with Crippen molar-refractivity contribution in [2.24, 2.45) is 0 Å². The Morgan fingerprint density at radius 2 is 1.59 bits per heavy atom. The van der Waals surface area contributed by atoms with Crippen molar-refractivity contribution in [3.63, 3.8) is 0 Å². The summed E-state index contributed by atoms with van der Waals surface area (Å²) in [5.41, 5.74) is 1.99. The number of hydrogen-bond donors (Lipinski definition) is 0. The molecule has 0 aliphatic rings. The van der Waals surface area contributed by atoms with E-state index in [1.165, 1.54) is 0 Å². The molecule has 0 N–H and O–H groups in total. The highest BCUT2D eigenvalue weighted by Gasteiger charge is 2.13. The zero-order chi connectivity index (χ0) is 20.1. The zero-order valence-electron chi connectivity index (χ0n) is 15.7. The third-order valence-electron chi connectivity index (χ3n) is 4.33. The molecule has 6 heteroatoms. The number of methoxy groups -OCH3 is 1. The Morgan fingerprint density at radius 1 is 0.897 bits per heavy atom. The number of para-hydroxylation sites is 1. The van der Waals surface area contributed by atoms with Gasteiger partial charge in [-0.25, -0.2) is 0 Å². The van der Waals surface area contributed by atoms with E-state index in [1.807, 2.05) is 42.5 Å². The lowest BCUT2D eigenvalue weighted by Gasteiger charge is -2.05. The van der Waals surface area contributed by atoms with Crippen molar-refractivity contribution in [1.29, 1.82) is 0 Å². The number of hydrogen-bond acceptors (Lipinski definition) is 6. The van der Waals surface area contributed by atoms with Crippen LogP contribution in [0.15, 0.2) is 83.4 Å². The van der Waals surface area contributed by atoms with Crippen LogP contribution in [0.4, 0.5) is 0 Å². The Kier molecular flexibility index (Phi) is 5.33. The normalized spacial score (nSPS) is 10.5. The molecule has 4 rings (SSSR count). The summed E-state index contributed by atoms with van der Waals surface area (Å²) in [5, 5.41) is 3.99. The Balaban J connectivity index is 1.41. The monoisotopic (exact) mass is 386 g/mol. The molecule has 0 atom stereocenters. The number of carbonyl (C=O) groups excluding carboxylic acids is 1. The van der Waals surface area contributed by atoms with E-state index in [0.717, 1.165) is 5.56 Å². The average Bonchev–Trinajstić information content (AvgIpc) is 3.27. The van der Waals surface area contributed by atoms with Crippen molar-refractivity contribution < 1.29 is 18.8 Å². The summed E-state index contributed by atoms with van der Waals surface area (Å²) >= 11 is 0. The van der Waals surface area contributed by atoms with Gasteiger partial charge in [0.05, 0.1) is 12.7 Å². The van der Waals surface area contributed by atoms with Crippen LogP contribution in [0.1, 0.15) is 21.8 Å². The number of aromatic nitrogens is 2. The predicted octanol–water partition coefficient (Wildman–Crippen LogP) is 4.56. The van der Waals surface area contributed by atoms with Crippen LogP contribution in [0.3, 0.4) is 0 Å². The van der Waals surface area contributed by atoms with Crippen LogP contribution in [-0.2, 0) is 6.61 Å². The minimum atomic E-state index is -0.0319. The molecule has 0 radical (unpaired) electrons. The van der Waals surface area contributed by atoms with Crippen LogP contribution < -0.4 is 9.47 Å². The van der Waals surface area contributed by atoms with E-state index in [-0.39, 0.29) is 12.4 Å². The molecule has 0 spiro atoms. The maximum atomic E-state index is 12.4. The van der Waals surface area contributed by atoms with E-state index < -0.39 is 0 Å². The Hall–Kier alpha value is -3.93. The molecule has 0 saturated heterocycles. The molecule has 144 valence electrons. The molecule has 0 aliphatic carbocycles. The van der Waals surface area contributed by atoms with Gasteiger partial charge in [-0.3, -0.25) is 4.79 Å². The lowest BCUT2D eigenvalue weighted by atomic mass is 10.0. The van der Waals surface area contributed by atoms with Gasteiger partial charge in [0.25, 0.3) is 5.89 Å². The van der Waals surface area contributed by atoms with Crippen LogP contribution in [0, 0.1) is 0 Å². The molecule has 0 saturated carbocycles. The van der Waals surface area contributed by atoms with Gasteiger partial charge < -0.3 is 14.0 Å². The highest BCUT2D eigenvalue weighted by atomic mass is 16.5. The standard InChI is InChI=1S/C23H18N2O4/c1-27-20-10-6-5-9-19(20)23-24-21(29-25-23)15-28-18-13-11-17(12-14-18)22(26)16-7-3-2-4-8-16/h2-14H,15H2,1H3. The molecular weight excluding hydrogens is 368 g/mol. The molecule has 4 aromatic rings. The topological polar surface area (TPSA) is 74.5 Å². The fraction of sp³-hybridized carbons (Fsp3) is 0.0870. The average molecular weight is 386 g/mol. The third-order valence-corrected chi connectivity index (χ3v) is 4.33. The first-order valence-electron chi connectivity index (χ1n) is 9.03. The van der Waals surface area contributed by atoms with Crippen molar-refractivity contribution >= 4 is 5.78 Å². The van der Waals surface area contributed by atoms with Gasteiger partial charge in [0.15, 0.2) is 12.4 Å². The molecule has 0 unspecified atom stereocenters. The van der Waals surface area contributed by atoms with E-state index >= 15 is 0 Å². The second-order valence-corrected chi connectivity index (χ2v) is 6.22. The van der Waals surface area contributed by atoms with Crippen LogP contribution >= 0.6 is 0 Å². The molecule has 6 nitrogen and oxygen atoms in total. The number of nitrogens with zero attached hydrogens (tertiary/aromatic N) is 2. The fourth-order valence-corrected chi connectivity index (χ4v) is 2.86. The highest BCUT2D eigenvalue weighted by molar-refractivity contribution is 6.08. The fourth-order valence-electron chi connectivity index (χ4n) is 2.86. The number of rotatable bonds is 7. The van der Waals surface area contributed by atoms with Crippen molar-refractivity contribution in [3.8, 4) is 22.9 Å². The second-order valence-electron chi connectivity index (χ2n) is 6.22. The van der Waals surface area contributed by atoms with Gasteiger partial charge in [0, 0.05) is 11.1 Å². The van der Waals surface area contributed by atoms with Crippen molar-refractivity contribution in [1.82, 2.24) is 10.1 Å². The van der Waals surface area contributed by atoms with Gasteiger partial charge >= 0.3 is 0 Å². The summed E-state index contributed by atoms with van der Waals surface area (Å²) in [6.45, 7) is 0.119. The first-order valence-corrected chi connectivity index (χ1v) is 9.03. The van der Waals surface area contributed by atoms with Crippen LogP contribution in [-0.4, -0.2) is 23.0 Å². The smallest absolute Gasteiger partial charge is 0.264 e. The van der Waals surface area contributed by atoms with E-state index in [2.05, 4.69) is 10.1 Å². The first-order chi connectivity index (χ1) is 14.2. The Labute approximate surface area is 167 Å². The van der Waals surface area contributed by atoms with Gasteiger partial charge in [-0.2, -0.15) is 4.98 Å². The van der Waals surface area contributed by atoms with Crippen LogP contribution in [0.25, 0.3) is 11.4 Å². The molecular formula is C23H18N2O4. The van der Waals surface area contributed by atoms with E-state index in [9.17, 15) is 4.79 Å². The SMILES string of the molecule is COc1ccccc1-c1noc(COc2ccc(C(=O)c3ccccc3)cc2)n1. The first kappa shape index (κ1) is 18.4. The maximum Gasteiger partial charge on any atom is 0.264 e. The molecule has 0 fully saturated rings. The lowest BCUT2D eigenvalue weighted by Crippen LogP contribution is -2.01. The van der Waals surface area contributed by atoms with Crippen LogP contribution in [0.2, 0.25) is 0 Å². The number of benzene rings is 3. The summed E-state index contributed by atoms with van der Waals surface area (Å²) in [6.07, 6.45) is 0. The van der Waals surface area contributed by atoms with E-state index in [0.29, 0.717) is 34.3 Å². The number of carbonyl (C=O) groups is 1. The second kappa shape index (κ2) is 8.39. The van der Waals surface area contributed by atoms with Crippen molar-refractivity contribution in [2.45, 2.75) is 6.61 Å². The highest BCUT2D eigenvalue weighted by Crippen LogP contribution is 2.27. The maximum absolute atomic E-state index is 12.4. The van der Waals surface area contributed by atoms with E-state index in [1.54, 1.807) is 43.5 Å². The van der Waals surface area contributed by atoms with E-state index in [4.69, 9.17) is 14.0 Å². The van der Waals surface area contributed by atoms with Gasteiger partial charge in [0.2, 0.25) is 5.82 Å². The predicted molar refractivity (Wildman–Crippen MR) is 107 cm³/mol. The number of ether oxygens (including phenoxy) is 2. The zero-order valence-corrected chi connectivity index (χ0v) is 15.7. The largest absolute Gasteiger partial charge is 0.496 e. The molecule has 29 heavy (non-hydrogen) atoms. The van der Waals surface area contributed by atoms with Crippen molar-refractivity contribution in [2.75, 3.05) is 7.11 Å². The summed E-state index contributed by atoms with van der Waals surface area (Å²) in [4.78, 5) is 16.8. The molecule has 1 heterocycles. The molecule has 0 bridgehead atoms. The molecule has 0 amide bonds. The van der Waals surface area contributed by atoms with Gasteiger partial charge in [-0.05, 0) is 36.4 Å². The Morgan fingerprint density at radius 3 is 2.34 bits per heavy atom. The van der Waals surface area contributed by atoms with Gasteiger partial charge in [0.1, 0.15) is 11.5 Å². The molecule has 3 aromatic carbocycles. The summed E-state index contributed by atoms with van der Waals surface area (Å²) in [7, 11) is 1.59. The van der Waals surface area contributed by atoms with Gasteiger partial charge in [-0.1, -0.05) is 47.6 Å². The van der Waals surface area contributed by atoms with Crippen molar-refractivity contribution in [3.05, 3.63) is 95.9 Å². The quantitative estimate of drug-likeness (QED) is 0.434. The summed E-state index contributed by atoms with van der Waals surface area (Å²) < 4.78 is 16.3. The molecule has 0 aliphatic heterocycles. The van der Waals surface area contributed by atoms with Gasteiger partial charge in [-0.15, -0.1) is 0 Å². The number of ketones is 1. The van der Waals surface area contributed by atoms with Crippen LogP contribution in [0.5, 0.6) is 11.5 Å². The minimum Gasteiger partial charge on any atom is -0.496 e. The summed E-state index contributed by atoms with van der Waals surface area (Å²) in [6, 6.07) is 23.5. The third kappa shape index (κ3) is 4.16. The Bertz CT molecular complexity index is 1110. The summed E-state index contributed by atoms with van der Waals surface area (Å²) in [5.74, 6) is 2.02. The molecule has 1 aromatic heterocycles. The lowest BCUT2D eigenvalue weighted by molar-refractivity contribution is 0.103.